The summed E-state index contributed by atoms with van der Waals surface area (Å²) in [5, 5.41) is 9.99. The molecule has 1 aromatic carbocycles. The highest BCUT2D eigenvalue weighted by Crippen LogP contribution is 2.36. The Morgan fingerprint density at radius 2 is 2.00 bits per heavy atom. The molecule has 2 atom stereocenters. The number of rotatable bonds is 1. The quantitative estimate of drug-likeness (QED) is 0.722. The van der Waals surface area contributed by atoms with Gasteiger partial charge in [-0.3, -0.25) is 0 Å². The largest absolute Gasteiger partial charge is 0.392 e. The van der Waals surface area contributed by atoms with Crippen molar-refractivity contribution in [2.24, 2.45) is 5.92 Å². The van der Waals surface area contributed by atoms with Crippen molar-refractivity contribution >= 4 is 0 Å². The van der Waals surface area contributed by atoms with Crippen molar-refractivity contribution in [3.8, 4) is 0 Å². The van der Waals surface area contributed by atoms with Crippen LogP contribution in [0.3, 0.4) is 0 Å². The Morgan fingerprint density at radius 3 is 2.71 bits per heavy atom. The second-order valence-electron chi connectivity index (χ2n) is 4.57. The second kappa shape index (κ2) is 3.74. The molecule has 0 amide bonds. The molecule has 0 saturated carbocycles. The smallest absolute Gasteiger partial charge is 0.0614 e. The number of aryl methyl sites for hydroxylation is 1. The fraction of sp³-hybridized carbons (Fsp3) is 0.538. The van der Waals surface area contributed by atoms with Crippen LogP contribution in [0, 0.1) is 5.92 Å². The molecule has 0 heterocycles. The monoisotopic (exact) mass is 190 g/mol. The maximum Gasteiger partial charge on any atom is 0.0614 e. The third kappa shape index (κ3) is 1.57. The Balaban J connectivity index is 2.41. The third-order valence-electron chi connectivity index (χ3n) is 3.26. The van der Waals surface area contributed by atoms with E-state index in [1.54, 1.807) is 0 Å². The van der Waals surface area contributed by atoms with Crippen LogP contribution >= 0.6 is 0 Å². The van der Waals surface area contributed by atoms with Gasteiger partial charge in [-0.05, 0) is 29.9 Å². The summed E-state index contributed by atoms with van der Waals surface area (Å²) in [5.41, 5.74) is 2.79. The van der Waals surface area contributed by atoms with Crippen molar-refractivity contribution < 1.29 is 5.11 Å². The Bertz CT molecular complexity index is 317. The highest BCUT2D eigenvalue weighted by molar-refractivity contribution is 5.34. The van der Waals surface area contributed by atoms with Crippen LogP contribution in [0.1, 0.15) is 37.3 Å². The van der Waals surface area contributed by atoms with E-state index in [1.807, 2.05) is 0 Å². The molecule has 1 aliphatic carbocycles. The lowest BCUT2D eigenvalue weighted by molar-refractivity contribution is 0.106. The molecule has 1 aromatic rings. The zero-order valence-corrected chi connectivity index (χ0v) is 8.90. The number of aliphatic hydroxyl groups excluding tert-OH is 1. The molecule has 0 saturated heterocycles. The predicted octanol–water partition coefficient (Wildman–Crippen LogP) is 2.73. The van der Waals surface area contributed by atoms with Gasteiger partial charge >= 0.3 is 0 Å². The molecule has 0 aliphatic heterocycles. The van der Waals surface area contributed by atoms with Crippen LogP contribution in [-0.2, 0) is 6.42 Å². The fourth-order valence-electron chi connectivity index (χ4n) is 2.58. The van der Waals surface area contributed by atoms with E-state index < -0.39 is 0 Å². The van der Waals surface area contributed by atoms with Gasteiger partial charge in [0.25, 0.3) is 0 Å². The topological polar surface area (TPSA) is 20.2 Å². The first-order valence-electron chi connectivity index (χ1n) is 5.46. The molecule has 76 valence electrons. The van der Waals surface area contributed by atoms with Crippen molar-refractivity contribution in [1.82, 2.24) is 0 Å². The maximum absolute atomic E-state index is 9.99. The van der Waals surface area contributed by atoms with E-state index in [-0.39, 0.29) is 6.10 Å². The van der Waals surface area contributed by atoms with Gasteiger partial charge in [-0.15, -0.1) is 0 Å². The maximum atomic E-state index is 9.99. The molecule has 0 bridgehead atoms. The van der Waals surface area contributed by atoms with E-state index in [0.717, 1.165) is 12.8 Å². The minimum absolute atomic E-state index is 0.148. The molecular weight excluding hydrogens is 172 g/mol. The zero-order chi connectivity index (χ0) is 10.1. The van der Waals surface area contributed by atoms with Crippen molar-refractivity contribution in [3.05, 3.63) is 35.4 Å². The number of hydrogen-bond acceptors (Lipinski definition) is 1. The highest BCUT2D eigenvalue weighted by Gasteiger charge is 2.29. The summed E-state index contributed by atoms with van der Waals surface area (Å²) in [6.07, 6.45) is 1.80. The molecule has 0 aromatic heterocycles. The Morgan fingerprint density at radius 1 is 1.29 bits per heavy atom. The van der Waals surface area contributed by atoms with Gasteiger partial charge < -0.3 is 5.11 Å². The summed E-state index contributed by atoms with van der Waals surface area (Å²) in [4.78, 5) is 0. The summed E-state index contributed by atoms with van der Waals surface area (Å²) >= 11 is 0. The highest BCUT2D eigenvalue weighted by atomic mass is 16.3. The molecule has 0 fully saturated rings. The van der Waals surface area contributed by atoms with Crippen LogP contribution in [0.15, 0.2) is 24.3 Å². The lowest BCUT2D eigenvalue weighted by atomic mass is 9.75. The molecule has 1 aliphatic rings. The summed E-state index contributed by atoms with van der Waals surface area (Å²) in [6.45, 7) is 4.38. The molecule has 1 N–H and O–H groups in total. The van der Waals surface area contributed by atoms with Gasteiger partial charge in [-0.1, -0.05) is 38.1 Å². The first-order valence-corrected chi connectivity index (χ1v) is 5.46. The average Bonchev–Trinajstić information content (AvgIpc) is 2.17. The van der Waals surface area contributed by atoms with Crippen LogP contribution in [0.5, 0.6) is 0 Å². The number of aliphatic hydroxyl groups is 1. The standard InChI is InChI=1S/C13H18O/c1-9(2)13-11-6-4-3-5-10(11)7-8-12(13)14/h3-6,9,12-14H,7-8H2,1-2H3/t12-,13?/m0/s1. The van der Waals surface area contributed by atoms with Gasteiger partial charge in [-0.25, -0.2) is 0 Å². The summed E-state index contributed by atoms with van der Waals surface area (Å²) < 4.78 is 0. The number of hydrogen-bond donors (Lipinski definition) is 1. The minimum Gasteiger partial charge on any atom is -0.392 e. The van der Waals surface area contributed by atoms with E-state index >= 15 is 0 Å². The molecule has 0 radical (unpaired) electrons. The average molecular weight is 190 g/mol. The van der Waals surface area contributed by atoms with Crippen molar-refractivity contribution in [2.45, 2.75) is 38.7 Å². The van der Waals surface area contributed by atoms with Gasteiger partial charge in [0.2, 0.25) is 0 Å². The van der Waals surface area contributed by atoms with Crippen molar-refractivity contribution in [1.29, 1.82) is 0 Å². The Kier molecular flexibility index (Phi) is 2.60. The fourth-order valence-corrected chi connectivity index (χ4v) is 2.58. The Labute approximate surface area is 85.8 Å². The zero-order valence-electron chi connectivity index (χ0n) is 8.90. The summed E-state index contributed by atoms with van der Waals surface area (Å²) in [7, 11) is 0. The molecule has 1 heteroatoms. The Hall–Kier alpha value is -0.820. The molecule has 14 heavy (non-hydrogen) atoms. The lowest BCUT2D eigenvalue weighted by Gasteiger charge is -2.33. The van der Waals surface area contributed by atoms with Gasteiger partial charge in [0.15, 0.2) is 0 Å². The molecular formula is C13H18O. The van der Waals surface area contributed by atoms with Crippen LogP contribution in [0.25, 0.3) is 0 Å². The number of fused-ring (bicyclic) bond motifs is 1. The predicted molar refractivity (Wildman–Crippen MR) is 58.3 cm³/mol. The van der Waals surface area contributed by atoms with E-state index in [4.69, 9.17) is 0 Å². The lowest BCUT2D eigenvalue weighted by Crippen LogP contribution is -2.28. The number of benzene rings is 1. The SMILES string of the molecule is CC(C)C1c2ccccc2CC[C@@H]1O. The van der Waals surface area contributed by atoms with Crippen molar-refractivity contribution in [3.63, 3.8) is 0 Å². The van der Waals surface area contributed by atoms with Crippen LogP contribution in [0.4, 0.5) is 0 Å². The van der Waals surface area contributed by atoms with Crippen molar-refractivity contribution in [2.75, 3.05) is 0 Å². The summed E-state index contributed by atoms with van der Waals surface area (Å²) in [6, 6.07) is 8.53. The molecule has 2 rings (SSSR count). The van der Waals surface area contributed by atoms with Gasteiger partial charge in [0.1, 0.15) is 0 Å². The van der Waals surface area contributed by atoms with Crippen LogP contribution in [-0.4, -0.2) is 11.2 Å². The van der Waals surface area contributed by atoms with E-state index in [0.29, 0.717) is 11.8 Å². The molecule has 1 nitrogen and oxygen atoms in total. The van der Waals surface area contributed by atoms with E-state index in [2.05, 4.69) is 38.1 Å². The van der Waals surface area contributed by atoms with Gasteiger partial charge in [0.05, 0.1) is 6.10 Å². The normalized spacial score (nSPS) is 26.3. The van der Waals surface area contributed by atoms with E-state index in [9.17, 15) is 5.11 Å². The molecule has 0 spiro atoms. The first-order chi connectivity index (χ1) is 6.70. The van der Waals surface area contributed by atoms with Gasteiger partial charge in [0, 0.05) is 5.92 Å². The van der Waals surface area contributed by atoms with Crippen LogP contribution < -0.4 is 0 Å². The van der Waals surface area contributed by atoms with Crippen LogP contribution in [0.2, 0.25) is 0 Å². The summed E-state index contributed by atoms with van der Waals surface area (Å²) in [5.74, 6) is 0.853. The first kappa shape index (κ1) is 9.72. The molecule has 1 unspecified atom stereocenters. The second-order valence-corrected chi connectivity index (χ2v) is 4.57. The van der Waals surface area contributed by atoms with Gasteiger partial charge in [-0.2, -0.15) is 0 Å². The van der Waals surface area contributed by atoms with E-state index in [1.165, 1.54) is 11.1 Å². The third-order valence-corrected chi connectivity index (χ3v) is 3.26. The minimum atomic E-state index is -0.148.